The summed E-state index contributed by atoms with van der Waals surface area (Å²) in [5.41, 5.74) is 1.23. The standard InChI is InChI=1S/C12H10FNO2/c1-16-12-5-2-8(6-10(12)13)11-4-3-9(15)7-14-11/h2-7,15H,1H3. The molecule has 4 heteroatoms. The van der Waals surface area contributed by atoms with E-state index < -0.39 is 5.82 Å². The lowest BCUT2D eigenvalue weighted by Crippen LogP contribution is -1.89. The SMILES string of the molecule is COc1ccc(-c2ccc(O)cn2)cc1F. The third-order valence-electron chi connectivity index (χ3n) is 2.20. The van der Waals surface area contributed by atoms with Crippen LogP contribution < -0.4 is 4.74 Å². The molecule has 2 rings (SSSR count). The monoisotopic (exact) mass is 219 g/mol. The molecule has 0 spiro atoms. The third-order valence-corrected chi connectivity index (χ3v) is 2.20. The van der Waals surface area contributed by atoms with Gasteiger partial charge in [-0.1, -0.05) is 0 Å². The Kier molecular flexibility index (Phi) is 2.72. The van der Waals surface area contributed by atoms with E-state index in [4.69, 9.17) is 9.84 Å². The second-order valence-electron chi connectivity index (χ2n) is 3.25. The summed E-state index contributed by atoms with van der Waals surface area (Å²) in [6.45, 7) is 0. The van der Waals surface area contributed by atoms with E-state index in [1.165, 1.54) is 25.4 Å². The number of pyridine rings is 1. The first-order valence-corrected chi connectivity index (χ1v) is 4.69. The molecular weight excluding hydrogens is 209 g/mol. The molecule has 0 aliphatic rings. The van der Waals surface area contributed by atoms with E-state index in [-0.39, 0.29) is 11.5 Å². The molecule has 0 bridgehead atoms. The minimum absolute atomic E-state index is 0.0812. The van der Waals surface area contributed by atoms with Crippen molar-refractivity contribution in [3.05, 3.63) is 42.3 Å². The molecule has 1 aromatic heterocycles. The van der Waals surface area contributed by atoms with Crippen molar-refractivity contribution >= 4 is 0 Å². The molecule has 1 heterocycles. The van der Waals surface area contributed by atoms with E-state index >= 15 is 0 Å². The number of hydrogen-bond acceptors (Lipinski definition) is 3. The molecule has 0 saturated carbocycles. The van der Waals surface area contributed by atoms with Crippen LogP contribution >= 0.6 is 0 Å². The van der Waals surface area contributed by atoms with E-state index in [9.17, 15) is 4.39 Å². The van der Waals surface area contributed by atoms with E-state index in [2.05, 4.69) is 4.98 Å². The first-order chi connectivity index (χ1) is 7.70. The molecule has 82 valence electrons. The summed E-state index contributed by atoms with van der Waals surface area (Å²) in [6, 6.07) is 7.72. The Morgan fingerprint density at radius 3 is 2.62 bits per heavy atom. The van der Waals surface area contributed by atoms with Crippen LogP contribution in [0.25, 0.3) is 11.3 Å². The van der Waals surface area contributed by atoms with Crippen molar-refractivity contribution in [2.75, 3.05) is 7.11 Å². The minimum atomic E-state index is -0.435. The summed E-state index contributed by atoms with van der Waals surface area (Å²) in [5.74, 6) is -0.157. The van der Waals surface area contributed by atoms with Gasteiger partial charge in [0.15, 0.2) is 11.6 Å². The number of nitrogens with zero attached hydrogens (tertiary/aromatic N) is 1. The summed E-state index contributed by atoms with van der Waals surface area (Å²) < 4.78 is 18.2. The van der Waals surface area contributed by atoms with Gasteiger partial charge in [-0.05, 0) is 30.3 Å². The fourth-order valence-corrected chi connectivity index (χ4v) is 1.38. The Labute approximate surface area is 92.1 Å². The number of halogens is 1. The van der Waals surface area contributed by atoms with Crippen molar-refractivity contribution < 1.29 is 14.2 Å². The lowest BCUT2D eigenvalue weighted by molar-refractivity contribution is 0.386. The van der Waals surface area contributed by atoms with Gasteiger partial charge < -0.3 is 9.84 Å². The Balaban J connectivity index is 2.41. The fourth-order valence-electron chi connectivity index (χ4n) is 1.38. The Bertz CT molecular complexity index is 497. The number of hydrogen-bond donors (Lipinski definition) is 1. The lowest BCUT2D eigenvalue weighted by atomic mass is 10.1. The fraction of sp³-hybridized carbons (Fsp3) is 0.0833. The highest BCUT2D eigenvalue weighted by Crippen LogP contribution is 2.24. The van der Waals surface area contributed by atoms with Crippen LogP contribution in [-0.4, -0.2) is 17.2 Å². The van der Waals surface area contributed by atoms with Crippen molar-refractivity contribution in [2.45, 2.75) is 0 Å². The van der Waals surface area contributed by atoms with Crippen molar-refractivity contribution in [2.24, 2.45) is 0 Å². The van der Waals surface area contributed by atoms with Gasteiger partial charge in [-0.25, -0.2) is 4.39 Å². The summed E-state index contributed by atoms with van der Waals surface area (Å²) in [7, 11) is 1.41. The Morgan fingerprint density at radius 2 is 2.06 bits per heavy atom. The van der Waals surface area contributed by atoms with Crippen molar-refractivity contribution in [1.82, 2.24) is 4.98 Å². The van der Waals surface area contributed by atoms with Gasteiger partial charge in [-0.2, -0.15) is 0 Å². The molecule has 16 heavy (non-hydrogen) atoms. The van der Waals surface area contributed by atoms with Crippen molar-refractivity contribution in [3.8, 4) is 22.8 Å². The lowest BCUT2D eigenvalue weighted by Gasteiger charge is -2.04. The van der Waals surface area contributed by atoms with Crippen LogP contribution in [0.5, 0.6) is 11.5 Å². The first-order valence-electron chi connectivity index (χ1n) is 4.69. The number of ether oxygens (including phenoxy) is 1. The molecule has 0 atom stereocenters. The normalized spacial score (nSPS) is 10.1. The van der Waals surface area contributed by atoms with Gasteiger partial charge >= 0.3 is 0 Å². The van der Waals surface area contributed by atoms with E-state index in [1.54, 1.807) is 18.2 Å². The maximum absolute atomic E-state index is 13.4. The maximum atomic E-state index is 13.4. The average molecular weight is 219 g/mol. The number of rotatable bonds is 2. The highest BCUT2D eigenvalue weighted by molar-refractivity contribution is 5.60. The van der Waals surface area contributed by atoms with Gasteiger partial charge in [0.25, 0.3) is 0 Å². The molecule has 0 aliphatic heterocycles. The average Bonchev–Trinajstić information content (AvgIpc) is 2.30. The predicted octanol–water partition coefficient (Wildman–Crippen LogP) is 2.60. The smallest absolute Gasteiger partial charge is 0.165 e. The molecule has 3 nitrogen and oxygen atoms in total. The van der Waals surface area contributed by atoms with E-state index in [1.807, 2.05) is 0 Å². The van der Waals surface area contributed by atoms with Crippen LogP contribution in [0.3, 0.4) is 0 Å². The molecule has 1 aromatic carbocycles. The van der Waals surface area contributed by atoms with Crippen LogP contribution in [0.1, 0.15) is 0 Å². The first kappa shape index (κ1) is 10.4. The summed E-state index contributed by atoms with van der Waals surface area (Å²) in [5, 5.41) is 9.08. The highest BCUT2D eigenvalue weighted by atomic mass is 19.1. The van der Waals surface area contributed by atoms with Gasteiger partial charge in [0.2, 0.25) is 0 Å². The Hall–Kier alpha value is -2.10. The molecule has 0 radical (unpaired) electrons. The van der Waals surface area contributed by atoms with E-state index in [0.29, 0.717) is 11.3 Å². The summed E-state index contributed by atoms with van der Waals surface area (Å²) in [4.78, 5) is 3.99. The van der Waals surface area contributed by atoms with Crippen molar-refractivity contribution in [3.63, 3.8) is 0 Å². The van der Waals surface area contributed by atoms with Crippen LogP contribution in [0.15, 0.2) is 36.5 Å². The number of aromatic hydroxyl groups is 1. The molecular formula is C12H10FNO2. The van der Waals surface area contributed by atoms with Gasteiger partial charge in [0.05, 0.1) is 19.0 Å². The molecule has 0 amide bonds. The molecule has 1 N–H and O–H groups in total. The largest absolute Gasteiger partial charge is 0.506 e. The van der Waals surface area contributed by atoms with Crippen LogP contribution in [0, 0.1) is 5.82 Å². The number of benzene rings is 1. The summed E-state index contributed by atoms with van der Waals surface area (Å²) in [6.07, 6.45) is 1.32. The second kappa shape index (κ2) is 4.18. The zero-order chi connectivity index (χ0) is 11.5. The third kappa shape index (κ3) is 1.95. The predicted molar refractivity (Wildman–Crippen MR) is 57.8 cm³/mol. The number of methoxy groups -OCH3 is 1. The van der Waals surface area contributed by atoms with Gasteiger partial charge in [-0.15, -0.1) is 0 Å². The summed E-state index contributed by atoms with van der Waals surface area (Å²) >= 11 is 0. The quantitative estimate of drug-likeness (QED) is 0.844. The highest BCUT2D eigenvalue weighted by Gasteiger charge is 2.05. The number of aromatic nitrogens is 1. The molecule has 2 aromatic rings. The zero-order valence-electron chi connectivity index (χ0n) is 8.64. The second-order valence-corrected chi connectivity index (χ2v) is 3.25. The molecule has 0 saturated heterocycles. The maximum Gasteiger partial charge on any atom is 0.165 e. The van der Waals surface area contributed by atoms with Crippen molar-refractivity contribution in [1.29, 1.82) is 0 Å². The zero-order valence-corrected chi connectivity index (χ0v) is 8.64. The topological polar surface area (TPSA) is 42.4 Å². The molecule has 0 fully saturated rings. The molecule has 0 unspecified atom stereocenters. The molecule has 0 aliphatic carbocycles. The van der Waals surface area contributed by atoms with Crippen LogP contribution in [-0.2, 0) is 0 Å². The van der Waals surface area contributed by atoms with Crippen LogP contribution in [0.2, 0.25) is 0 Å². The van der Waals surface area contributed by atoms with Gasteiger partial charge in [0, 0.05) is 5.56 Å². The van der Waals surface area contributed by atoms with Crippen LogP contribution in [0.4, 0.5) is 4.39 Å². The van der Waals surface area contributed by atoms with E-state index in [0.717, 1.165) is 0 Å². The van der Waals surface area contributed by atoms with Gasteiger partial charge in [0.1, 0.15) is 5.75 Å². The minimum Gasteiger partial charge on any atom is -0.506 e. The Morgan fingerprint density at radius 1 is 1.25 bits per heavy atom. The van der Waals surface area contributed by atoms with Gasteiger partial charge in [-0.3, -0.25) is 4.98 Å².